The average Bonchev–Trinajstić information content (AvgIpc) is 2.92. The minimum absolute atomic E-state index is 0.0840. The fraction of sp³-hybridized carbons (Fsp3) is 1.00. The molecule has 0 saturated carbocycles. The molecule has 0 aromatic heterocycles. The Bertz CT molecular complexity index is 529. The van der Waals surface area contributed by atoms with Crippen molar-refractivity contribution < 1.29 is 60.5 Å². The van der Waals surface area contributed by atoms with Gasteiger partial charge in [-0.2, -0.15) is 13.2 Å². The van der Waals surface area contributed by atoms with Crippen LogP contribution >= 0.6 is 0 Å². The molecule has 1 heterocycles. The van der Waals surface area contributed by atoms with Crippen LogP contribution in [0.5, 0.6) is 0 Å². The first-order valence-electron chi connectivity index (χ1n) is 13.5. The Hall–Kier alpha value is -0.650. The normalized spacial score (nSPS) is 15.7. The number of nitrogens with one attached hydrogen (secondary N) is 1. The number of hydrogen-bond donors (Lipinski definition) is 1. The van der Waals surface area contributed by atoms with Crippen molar-refractivity contribution in [2.75, 3.05) is 139 Å². The Kier molecular flexibility index (Phi) is 23.4. The number of alkyl halides is 3. The minimum atomic E-state index is -4.39. The molecule has 1 fully saturated rings. The van der Waals surface area contributed by atoms with E-state index >= 15 is 0 Å². The molecule has 0 atom stereocenters. The van der Waals surface area contributed by atoms with E-state index in [1.54, 1.807) is 7.11 Å². The second kappa shape index (κ2) is 25.1. The topological polar surface area (TPSA) is 104 Å². The van der Waals surface area contributed by atoms with Crippen LogP contribution in [0.15, 0.2) is 0 Å². The third-order valence-corrected chi connectivity index (χ3v) is 5.57. The highest BCUT2D eigenvalue weighted by Crippen LogP contribution is 2.40. The second-order valence-corrected chi connectivity index (χ2v) is 8.48. The molecule has 1 aliphatic rings. The lowest BCUT2D eigenvalue weighted by atomic mass is 9.91. The average molecular weight is 580 g/mol. The Labute approximate surface area is 230 Å². The van der Waals surface area contributed by atoms with Crippen molar-refractivity contribution in [1.29, 1.82) is 0 Å². The van der Waals surface area contributed by atoms with Gasteiger partial charge in [0.25, 0.3) is 0 Å². The highest BCUT2D eigenvalue weighted by molar-refractivity contribution is 4.93. The summed E-state index contributed by atoms with van der Waals surface area (Å²) in [5.41, 5.74) is -2.07. The largest absolute Gasteiger partial charge is 0.417 e. The van der Waals surface area contributed by atoms with Crippen LogP contribution in [0.1, 0.15) is 12.8 Å². The van der Waals surface area contributed by atoms with Gasteiger partial charge in [0, 0.05) is 7.11 Å². The Morgan fingerprint density at radius 3 is 1.05 bits per heavy atom. The highest BCUT2D eigenvalue weighted by atomic mass is 19.4. The molecule has 234 valence electrons. The third kappa shape index (κ3) is 20.0. The van der Waals surface area contributed by atoms with Gasteiger partial charge in [-0.3, -0.25) is 0 Å². The highest BCUT2D eigenvalue weighted by Gasteiger charge is 2.56. The van der Waals surface area contributed by atoms with Crippen LogP contribution in [0.25, 0.3) is 0 Å². The third-order valence-electron chi connectivity index (χ3n) is 5.57. The number of hydrogen-bond acceptors (Lipinski definition) is 11. The summed E-state index contributed by atoms with van der Waals surface area (Å²) in [5.74, 6) is 0. The molecule has 1 N–H and O–H groups in total. The van der Waals surface area contributed by atoms with Crippen LogP contribution in [0, 0.1) is 0 Å². The predicted octanol–water partition coefficient (Wildman–Crippen LogP) is 1.47. The van der Waals surface area contributed by atoms with Gasteiger partial charge >= 0.3 is 6.18 Å². The van der Waals surface area contributed by atoms with Crippen molar-refractivity contribution in [3.05, 3.63) is 0 Å². The van der Waals surface area contributed by atoms with Crippen LogP contribution in [0.4, 0.5) is 13.2 Å². The summed E-state index contributed by atoms with van der Waals surface area (Å²) in [6.45, 7) is 7.99. The van der Waals surface area contributed by atoms with E-state index in [0.29, 0.717) is 99.1 Å². The van der Waals surface area contributed by atoms with E-state index in [2.05, 4.69) is 5.32 Å². The Balaban J connectivity index is 1.73. The molecule has 0 aromatic carbocycles. The molecule has 0 radical (unpaired) electrons. The van der Waals surface area contributed by atoms with Gasteiger partial charge in [0.05, 0.1) is 119 Å². The Morgan fingerprint density at radius 1 is 0.487 bits per heavy atom. The summed E-state index contributed by atoms with van der Waals surface area (Å²) in [7, 11) is 1.63. The van der Waals surface area contributed by atoms with Crippen LogP contribution < -0.4 is 5.32 Å². The number of methoxy groups -OCH3 is 1. The van der Waals surface area contributed by atoms with Gasteiger partial charge in [0.15, 0.2) is 5.60 Å². The minimum Gasteiger partial charge on any atom is -0.382 e. The molecule has 0 aromatic rings. The lowest BCUT2D eigenvalue weighted by Crippen LogP contribution is -2.54. The van der Waals surface area contributed by atoms with Gasteiger partial charge in [-0.25, -0.2) is 0 Å². The molecular formula is C25H48F3NO10. The van der Waals surface area contributed by atoms with E-state index in [0.717, 1.165) is 0 Å². The molecule has 39 heavy (non-hydrogen) atoms. The fourth-order valence-corrected chi connectivity index (χ4v) is 3.42. The van der Waals surface area contributed by atoms with E-state index in [1.165, 1.54) is 0 Å². The predicted molar refractivity (Wildman–Crippen MR) is 135 cm³/mol. The first kappa shape index (κ1) is 36.4. The van der Waals surface area contributed by atoms with E-state index < -0.39 is 11.8 Å². The maximum absolute atomic E-state index is 13.3. The van der Waals surface area contributed by atoms with Gasteiger partial charge in [0.1, 0.15) is 0 Å². The number of ether oxygens (including phenoxy) is 10. The summed E-state index contributed by atoms with van der Waals surface area (Å²) in [6, 6.07) is 0. The zero-order valence-corrected chi connectivity index (χ0v) is 23.3. The van der Waals surface area contributed by atoms with E-state index in [4.69, 9.17) is 47.4 Å². The van der Waals surface area contributed by atoms with Crippen molar-refractivity contribution in [3.63, 3.8) is 0 Å². The summed E-state index contributed by atoms with van der Waals surface area (Å²) >= 11 is 0. The maximum atomic E-state index is 13.3. The molecule has 11 nitrogen and oxygen atoms in total. The number of halogens is 3. The van der Waals surface area contributed by atoms with Gasteiger partial charge in [-0.05, 0) is 25.9 Å². The van der Waals surface area contributed by atoms with Crippen LogP contribution in [-0.4, -0.2) is 151 Å². The molecule has 0 spiro atoms. The van der Waals surface area contributed by atoms with Crippen LogP contribution in [0.3, 0.4) is 0 Å². The first-order valence-corrected chi connectivity index (χ1v) is 13.5. The lowest BCUT2D eigenvalue weighted by Gasteiger charge is -2.38. The number of rotatable bonds is 28. The van der Waals surface area contributed by atoms with E-state index in [9.17, 15) is 13.2 Å². The van der Waals surface area contributed by atoms with Crippen LogP contribution in [0.2, 0.25) is 0 Å². The van der Waals surface area contributed by atoms with Gasteiger partial charge < -0.3 is 52.7 Å². The fourth-order valence-electron chi connectivity index (χ4n) is 3.42. The summed E-state index contributed by atoms with van der Waals surface area (Å²) in [5, 5.41) is 2.92. The molecular weight excluding hydrogens is 531 g/mol. The van der Waals surface area contributed by atoms with Crippen molar-refractivity contribution >= 4 is 0 Å². The van der Waals surface area contributed by atoms with Crippen LogP contribution in [-0.2, 0) is 47.4 Å². The first-order chi connectivity index (χ1) is 19.0. The molecule has 0 aliphatic carbocycles. The number of piperidine rings is 1. The zero-order chi connectivity index (χ0) is 28.3. The molecule has 1 aliphatic heterocycles. The molecule has 1 saturated heterocycles. The standard InChI is InChI=1S/C25H48F3NO10/c1-30-6-7-31-8-9-32-10-11-33-12-13-34-14-15-35-16-17-36-18-19-37-20-21-38-22-23-39-24(25(26,27)28)2-4-29-5-3-24/h29H,2-23H2,1H3. The lowest BCUT2D eigenvalue weighted by molar-refractivity contribution is -0.287. The zero-order valence-electron chi connectivity index (χ0n) is 23.3. The summed E-state index contributed by atoms with van der Waals surface area (Å²) in [4.78, 5) is 0. The van der Waals surface area contributed by atoms with Crippen molar-refractivity contribution in [2.24, 2.45) is 0 Å². The Morgan fingerprint density at radius 2 is 0.769 bits per heavy atom. The molecule has 0 unspecified atom stereocenters. The molecule has 0 amide bonds. The monoisotopic (exact) mass is 579 g/mol. The van der Waals surface area contributed by atoms with E-state index in [1.807, 2.05) is 0 Å². The van der Waals surface area contributed by atoms with Crippen molar-refractivity contribution in [2.45, 2.75) is 24.6 Å². The van der Waals surface area contributed by atoms with Crippen molar-refractivity contribution in [3.8, 4) is 0 Å². The van der Waals surface area contributed by atoms with Crippen molar-refractivity contribution in [1.82, 2.24) is 5.32 Å². The van der Waals surface area contributed by atoms with Gasteiger partial charge in [0.2, 0.25) is 0 Å². The molecule has 1 rings (SSSR count). The quantitative estimate of drug-likeness (QED) is 0.136. The smallest absolute Gasteiger partial charge is 0.382 e. The second-order valence-electron chi connectivity index (χ2n) is 8.48. The summed E-state index contributed by atoms with van der Waals surface area (Å²) in [6.07, 6.45) is -4.55. The SMILES string of the molecule is COCCOCCOCCOCCOCCOCCOCCOCCOCCOC1(C(F)(F)F)CCNCC1. The van der Waals surface area contributed by atoms with Gasteiger partial charge in [-0.15, -0.1) is 0 Å². The van der Waals surface area contributed by atoms with E-state index in [-0.39, 0.29) is 45.8 Å². The maximum Gasteiger partial charge on any atom is 0.417 e. The summed E-state index contributed by atoms with van der Waals surface area (Å²) < 4.78 is 93.1. The molecule has 0 bridgehead atoms. The molecule has 14 heteroatoms. The van der Waals surface area contributed by atoms with Gasteiger partial charge in [-0.1, -0.05) is 0 Å².